The first-order valence-electron chi connectivity index (χ1n) is 14.4. The van der Waals surface area contributed by atoms with Gasteiger partial charge in [0.2, 0.25) is 0 Å². The van der Waals surface area contributed by atoms with Gasteiger partial charge in [-0.1, -0.05) is 121 Å². The van der Waals surface area contributed by atoms with Gasteiger partial charge in [0.15, 0.2) is 0 Å². The number of unbranched alkanes of at least 4 members (excludes halogenated alkanes) is 2. The van der Waals surface area contributed by atoms with Gasteiger partial charge in [0.05, 0.1) is 0 Å². The zero-order chi connectivity index (χ0) is 28.4. The molecule has 0 aliphatic rings. The number of benzene rings is 4. The summed E-state index contributed by atoms with van der Waals surface area (Å²) in [4.78, 5) is 4.21. The molecule has 0 amide bonds. The highest BCUT2D eigenvalue weighted by Gasteiger charge is 2.35. The topological polar surface area (TPSA) is 32.6 Å². The highest BCUT2D eigenvalue weighted by molar-refractivity contribution is 7.48. The van der Waals surface area contributed by atoms with E-state index in [9.17, 15) is 9.50 Å². The molecule has 0 saturated carbocycles. The van der Waals surface area contributed by atoms with E-state index in [0.717, 1.165) is 60.5 Å². The monoisotopic (exact) mass is 553 g/mol. The van der Waals surface area contributed by atoms with Crippen LogP contribution in [-0.2, 0) is 18.0 Å². The number of phenolic OH excluding ortho intramolecular Hbond substituents is 1. The van der Waals surface area contributed by atoms with Crippen molar-refractivity contribution in [2.75, 3.05) is 7.05 Å². The minimum absolute atomic E-state index is 0.255. The maximum Gasteiger partial charge on any atom is 0.123 e. The van der Waals surface area contributed by atoms with E-state index in [1.165, 1.54) is 16.7 Å². The summed E-state index contributed by atoms with van der Waals surface area (Å²) in [5.74, 6) is 0.147. The Morgan fingerprint density at radius 3 is 2.12 bits per heavy atom. The number of aliphatic imine (C=N–C) groups is 1. The van der Waals surface area contributed by atoms with E-state index in [1.54, 1.807) is 25.4 Å². The lowest BCUT2D eigenvalue weighted by Crippen LogP contribution is -2.25. The molecule has 0 spiro atoms. The zero-order valence-corrected chi connectivity index (χ0v) is 25.0. The van der Waals surface area contributed by atoms with Crippen LogP contribution >= 0.6 is 8.58 Å². The Morgan fingerprint density at radius 1 is 0.825 bits per heavy atom. The molecule has 4 rings (SSSR count). The Kier molecular flexibility index (Phi) is 10.7. The summed E-state index contributed by atoms with van der Waals surface area (Å²) in [5, 5.41) is 12.8. The molecule has 208 valence electrons. The molecule has 0 aliphatic carbocycles. The standard InChI is InChI=1S/C36H41FNOP/c1-4-6-13-20-36(5-2,40-34-19-18-32(37)25-31(34)26-38-3)33-24-29(21-27-14-9-7-10-15-27)23-30(35(33)39)22-28-16-11-8-12-17-28/h7-12,14-19,23-26,39-40H,4-6,13,20-22H2,1-3H3/b38-26+. The molecule has 4 heteroatoms. The van der Waals surface area contributed by atoms with Crippen molar-refractivity contribution in [3.8, 4) is 5.75 Å². The Morgan fingerprint density at radius 2 is 1.50 bits per heavy atom. The van der Waals surface area contributed by atoms with Gasteiger partial charge in [-0.05, 0) is 59.0 Å². The van der Waals surface area contributed by atoms with Crippen molar-refractivity contribution >= 4 is 20.1 Å². The van der Waals surface area contributed by atoms with Crippen molar-refractivity contribution in [1.29, 1.82) is 0 Å². The average molecular weight is 554 g/mol. The molecule has 4 aromatic carbocycles. The van der Waals surface area contributed by atoms with Crippen LogP contribution in [0.3, 0.4) is 0 Å². The molecule has 2 atom stereocenters. The van der Waals surface area contributed by atoms with Gasteiger partial charge in [0.1, 0.15) is 11.6 Å². The van der Waals surface area contributed by atoms with E-state index in [-0.39, 0.29) is 11.0 Å². The van der Waals surface area contributed by atoms with E-state index in [0.29, 0.717) is 20.8 Å². The fourth-order valence-corrected chi connectivity index (χ4v) is 7.32. The summed E-state index contributed by atoms with van der Waals surface area (Å²) < 4.78 is 14.2. The van der Waals surface area contributed by atoms with Crippen LogP contribution in [0.4, 0.5) is 4.39 Å². The van der Waals surface area contributed by atoms with Gasteiger partial charge in [-0.15, -0.1) is 0 Å². The van der Waals surface area contributed by atoms with Crippen LogP contribution in [0.15, 0.2) is 96.0 Å². The molecule has 0 fully saturated rings. The minimum Gasteiger partial charge on any atom is -0.507 e. The van der Waals surface area contributed by atoms with Gasteiger partial charge in [-0.2, -0.15) is 0 Å². The molecule has 4 aromatic rings. The van der Waals surface area contributed by atoms with Crippen LogP contribution < -0.4 is 5.30 Å². The van der Waals surface area contributed by atoms with Crippen LogP contribution in [0.5, 0.6) is 5.75 Å². The number of aromatic hydroxyl groups is 1. The summed E-state index contributed by atoms with van der Waals surface area (Å²) in [6.45, 7) is 4.46. The Labute approximate surface area is 241 Å². The normalized spacial score (nSPS) is 13.3. The number of phenols is 1. The minimum atomic E-state index is -0.272. The van der Waals surface area contributed by atoms with Gasteiger partial charge in [0.25, 0.3) is 0 Å². The van der Waals surface area contributed by atoms with Crippen molar-refractivity contribution in [1.82, 2.24) is 0 Å². The summed E-state index contributed by atoms with van der Waals surface area (Å²) >= 11 is 0. The molecule has 2 unspecified atom stereocenters. The lowest BCUT2D eigenvalue weighted by atomic mass is 9.85. The first kappa shape index (κ1) is 29.7. The molecular weight excluding hydrogens is 512 g/mol. The van der Waals surface area contributed by atoms with Crippen LogP contribution in [0.25, 0.3) is 0 Å². The van der Waals surface area contributed by atoms with E-state index in [1.807, 2.05) is 18.2 Å². The maximum absolute atomic E-state index is 14.2. The number of nitrogens with zero attached hydrogens (tertiary/aromatic N) is 1. The van der Waals surface area contributed by atoms with Gasteiger partial charge >= 0.3 is 0 Å². The smallest absolute Gasteiger partial charge is 0.123 e. The van der Waals surface area contributed by atoms with Gasteiger partial charge < -0.3 is 5.11 Å². The highest BCUT2D eigenvalue weighted by Crippen LogP contribution is 2.52. The molecule has 0 radical (unpaired) electrons. The fraction of sp³-hybridized carbons (Fsp3) is 0.306. The van der Waals surface area contributed by atoms with Crippen LogP contribution in [0, 0.1) is 5.82 Å². The van der Waals surface area contributed by atoms with Crippen molar-refractivity contribution < 1.29 is 9.50 Å². The second kappa shape index (κ2) is 14.4. The number of hydrogen-bond donors (Lipinski definition) is 1. The third kappa shape index (κ3) is 7.46. The number of hydrogen-bond acceptors (Lipinski definition) is 2. The molecule has 0 saturated heterocycles. The van der Waals surface area contributed by atoms with Gasteiger partial charge in [-0.3, -0.25) is 4.99 Å². The van der Waals surface area contributed by atoms with Crippen LogP contribution in [0.2, 0.25) is 0 Å². The van der Waals surface area contributed by atoms with Crippen LogP contribution in [0.1, 0.15) is 79.3 Å². The Hall–Kier alpha value is -3.29. The van der Waals surface area contributed by atoms with Crippen molar-refractivity contribution in [2.24, 2.45) is 4.99 Å². The highest BCUT2D eigenvalue weighted by atomic mass is 31.1. The predicted octanol–water partition coefficient (Wildman–Crippen LogP) is 8.95. The summed E-state index contributed by atoms with van der Waals surface area (Å²) in [5.41, 5.74) is 6.43. The summed E-state index contributed by atoms with van der Waals surface area (Å²) in [6.07, 6.45) is 8.41. The average Bonchev–Trinajstić information content (AvgIpc) is 2.97. The first-order chi connectivity index (χ1) is 19.5. The Bertz CT molecular complexity index is 1400. The molecule has 1 N–H and O–H groups in total. The molecular formula is C36H41FNOP. The largest absolute Gasteiger partial charge is 0.507 e. The van der Waals surface area contributed by atoms with Crippen LogP contribution in [-0.4, -0.2) is 18.4 Å². The second-order valence-corrected chi connectivity index (χ2v) is 12.4. The molecule has 0 aromatic heterocycles. The molecule has 0 bridgehead atoms. The van der Waals surface area contributed by atoms with Crippen molar-refractivity contribution in [3.63, 3.8) is 0 Å². The van der Waals surface area contributed by atoms with E-state index < -0.39 is 0 Å². The third-order valence-corrected chi connectivity index (χ3v) is 9.80. The molecule has 2 nitrogen and oxygen atoms in total. The van der Waals surface area contributed by atoms with Crippen molar-refractivity contribution in [3.05, 3.63) is 130 Å². The summed E-state index contributed by atoms with van der Waals surface area (Å²) in [7, 11) is 2.09. The predicted molar refractivity (Wildman–Crippen MR) is 171 cm³/mol. The Balaban J connectivity index is 1.87. The third-order valence-electron chi connectivity index (χ3n) is 7.72. The SMILES string of the molecule is CCCCCC(CC)(Pc1ccc(F)cc1/C=N/C)c1cc(Cc2ccccc2)cc(Cc2ccccc2)c1O. The second-order valence-electron chi connectivity index (χ2n) is 10.6. The van der Waals surface area contributed by atoms with E-state index >= 15 is 0 Å². The molecule has 0 aliphatic heterocycles. The fourth-order valence-electron chi connectivity index (χ4n) is 5.56. The molecule has 40 heavy (non-hydrogen) atoms. The molecule has 0 heterocycles. The van der Waals surface area contributed by atoms with Gasteiger partial charge in [-0.25, -0.2) is 4.39 Å². The first-order valence-corrected chi connectivity index (χ1v) is 15.4. The summed E-state index contributed by atoms with van der Waals surface area (Å²) in [6, 6.07) is 30.4. The zero-order valence-electron chi connectivity index (χ0n) is 24.0. The van der Waals surface area contributed by atoms with E-state index in [4.69, 9.17) is 0 Å². The lowest BCUT2D eigenvalue weighted by Gasteiger charge is -2.36. The number of halogens is 1. The number of rotatable bonds is 13. The quantitative estimate of drug-likeness (QED) is 0.100. The lowest BCUT2D eigenvalue weighted by molar-refractivity contribution is 0.432. The van der Waals surface area contributed by atoms with Gasteiger partial charge in [0, 0.05) is 36.0 Å². The van der Waals surface area contributed by atoms with Crippen molar-refractivity contribution in [2.45, 2.75) is 63.9 Å². The van der Waals surface area contributed by atoms with E-state index in [2.05, 4.69) is 79.5 Å². The maximum atomic E-state index is 14.2.